The molecule has 0 spiro atoms. The number of hydrogen-bond donors (Lipinski definition) is 1. The average Bonchev–Trinajstić information content (AvgIpc) is 2.42. The van der Waals surface area contributed by atoms with Crippen LogP contribution in [0.2, 0.25) is 0 Å². The van der Waals surface area contributed by atoms with Gasteiger partial charge in [-0.2, -0.15) is 0 Å². The molecule has 1 aliphatic rings. The van der Waals surface area contributed by atoms with Gasteiger partial charge in [0.05, 0.1) is 12.7 Å². The lowest BCUT2D eigenvalue weighted by Crippen LogP contribution is -2.76. The summed E-state index contributed by atoms with van der Waals surface area (Å²) in [5, 5.41) is 0. The van der Waals surface area contributed by atoms with E-state index in [2.05, 4.69) is 0 Å². The zero-order chi connectivity index (χ0) is 15.4. The van der Waals surface area contributed by atoms with Crippen LogP contribution in [-0.2, 0) is 14.3 Å². The van der Waals surface area contributed by atoms with Gasteiger partial charge < -0.3 is 20.1 Å². The Bertz CT molecular complexity index is 333. The molecule has 5 nitrogen and oxygen atoms in total. The van der Waals surface area contributed by atoms with Crippen LogP contribution in [-0.4, -0.2) is 55.4 Å². The van der Waals surface area contributed by atoms with Gasteiger partial charge in [0.1, 0.15) is 5.54 Å². The fraction of sp³-hybridized carbons (Fsp3) is 0.933. The lowest BCUT2D eigenvalue weighted by atomic mass is 9.54. The van der Waals surface area contributed by atoms with Gasteiger partial charge in [0.2, 0.25) is 5.91 Å². The fourth-order valence-electron chi connectivity index (χ4n) is 2.80. The fourth-order valence-corrected chi connectivity index (χ4v) is 2.80. The molecule has 1 amide bonds. The molecule has 0 aliphatic heterocycles. The molecule has 5 heteroatoms. The average molecular weight is 286 g/mol. The van der Waals surface area contributed by atoms with Crippen LogP contribution >= 0.6 is 0 Å². The number of nitrogens with zero attached hydrogens (tertiary/aromatic N) is 1. The molecule has 0 aromatic carbocycles. The van der Waals surface area contributed by atoms with E-state index >= 15 is 0 Å². The smallest absolute Gasteiger partial charge is 0.243 e. The molecule has 0 heterocycles. The number of nitrogens with two attached hydrogens (primary N) is 1. The molecule has 0 saturated heterocycles. The van der Waals surface area contributed by atoms with Gasteiger partial charge in [-0.1, -0.05) is 13.8 Å². The van der Waals surface area contributed by atoms with E-state index in [0.29, 0.717) is 39.3 Å². The first-order chi connectivity index (χ1) is 9.35. The summed E-state index contributed by atoms with van der Waals surface area (Å²) in [5.41, 5.74) is 5.25. The van der Waals surface area contributed by atoms with Crippen molar-refractivity contribution in [1.82, 2.24) is 4.90 Å². The van der Waals surface area contributed by atoms with Crippen molar-refractivity contribution in [3.63, 3.8) is 0 Å². The molecule has 20 heavy (non-hydrogen) atoms. The standard InChI is InChI=1S/C15H30N2O3/c1-6-17(9-10-19-7-2)13(18)15(16)11-12(20-8-3)14(15,4)5/h12H,6-11,16H2,1-5H3. The van der Waals surface area contributed by atoms with Crippen molar-refractivity contribution in [2.24, 2.45) is 11.1 Å². The molecule has 1 aliphatic carbocycles. The highest BCUT2D eigenvalue weighted by molar-refractivity contribution is 5.88. The molecule has 1 rings (SSSR count). The topological polar surface area (TPSA) is 64.8 Å². The number of hydrogen-bond acceptors (Lipinski definition) is 4. The Labute approximate surface area is 122 Å². The molecule has 1 saturated carbocycles. The summed E-state index contributed by atoms with van der Waals surface area (Å²) >= 11 is 0. The van der Waals surface area contributed by atoms with E-state index < -0.39 is 5.54 Å². The van der Waals surface area contributed by atoms with Crippen LogP contribution in [0.3, 0.4) is 0 Å². The van der Waals surface area contributed by atoms with Crippen molar-refractivity contribution < 1.29 is 14.3 Å². The van der Waals surface area contributed by atoms with Crippen molar-refractivity contribution in [2.75, 3.05) is 32.9 Å². The van der Waals surface area contributed by atoms with Gasteiger partial charge in [0.25, 0.3) is 0 Å². The number of carbonyl (C=O) groups is 1. The Balaban J connectivity index is 2.70. The molecular weight excluding hydrogens is 256 g/mol. The summed E-state index contributed by atoms with van der Waals surface area (Å²) in [6.07, 6.45) is 0.657. The monoisotopic (exact) mass is 286 g/mol. The van der Waals surface area contributed by atoms with Gasteiger partial charge in [-0.15, -0.1) is 0 Å². The highest BCUT2D eigenvalue weighted by Gasteiger charge is 2.63. The third-order valence-corrected chi connectivity index (χ3v) is 4.59. The number of amides is 1. The molecule has 0 bridgehead atoms. The number of ether oxygens (including phenoxy) is 2. The zero-order valence-electron chi connectivity index (χ0n) is 13.6. The molecule has 0 aromatic rings. The minimum absolute atomic E-state index is 0.0145. The SMILES string of the molecule is CCOCCN(CC)C(=O)C1(N)CC(OCC)C1(C)C. The van der Waals surface area contributed by atoms with Gasteiger partial charge in [-0.25, -0.2) is 0 Å². The van der Waals surface area contributed by atoms with E-state index in [-0.39, 0.29) is 17.4 Å². The number of carbonyl (C=O) groups excluding carboxylic acids is 1. The van der Waals surface area contributed by atoms with Crippen LogP contribution < -0.4 is 5.73 Å². The predicted molar refractivity (Wildman–Crippen MR) is 79.5 cm³/mol. The van der Waals surface area contributed by atoms with E-state index in [1.165, 1.54) is 0 Å². The predicted octanol–water partition coefficient (Wildman–Crippen LogP) is 1.40. The Kier molecular flexibility index (Phi) is 5.98. The number of likely N-dealkylation sites (N-methyl/N-ethyl adjacent to an activating group) is 1. The largest absolute Gasteiger partial charge is 0.380 e. The Morgan fingerprint density at radius 1 is 1.30 bits per heavy atom. The lowest BCUT2D eigenvalue weighted by Gasteiger charge is -2.58. The van der Waals surface area contributed by atoms with Crippen molar-refractivity contribution >= 4 is 5.91 Å². The van der Waals surface area contributed by atoms with Crippen molar-refractivity contribution in [3.05, 3.63) is 0 Å². The first-order valence-electron chi connectivity index (χ1n) is 7.62. The Morgan fingerprint density at radius 2 is 1.95 bits per heavy atom. The maximum Gasteiger partial charge on any atom is 0.243 e. The molecule has 118 valence electrons. The zero-order valence-corrected chi connectivity index (χ0v) is 13.6. The van der Waals surface area contributed by atoms with Crippen molar-refractivity contribution in [1.29, 1.82) is 0 Å². The van der Waals surface area contributed by atoms with E-state index in [1.807, 2.05) is 34.6 Å². The third kappa shape index (κ3) is 3.00. The van der Waals surface area contributed by atoms with Crippen LogP contribution in [0.4, 0.5) is 0 Å². The first kappa shape index (κ1) is 17.4. The molecule has 2 N–H and O–H groups in total. The van der Waals surface area contributed by atoms with E-state index in [1.54, 1.807) is 4.90 Å². The number of rotatable bonds is 8. The van der Waals surface area contributed by atoms with E-state index in [4.69, 9.17) is 15.2 Å². The van der Waals surface area contributed by atoms with Gasteiger partial charge in [0.15, 0.2) is 0 Å². The van der Waals surface area contributed by atoms with E-state index in [0.717, 1.165) is 0 Å². The second-order valence-corrected chi connectivity index (χ2v) is 5.92. The van der Waals surface area contributed by atoms with Crippen LogP contribution in [0.1, 0.15) is 41.0 Å². The molecule has 1 fully saturated rings. The second kappa shape index (κ2) is 6.87. The summed E-state index contributed by atoms with van der Waals surface area (Å²) in [5.74, 6) is 0.0145. The summed E-state index contributed by atoms with van der Waals surface area (Å²) in [6.45, 7) is 13.0. The van der Waals surface area contributed by atoms with Crippen LogP contribution in [0, 0.1) is 5.41 Å². The second-order valence-electron chi connectivity index (χ2n) is 5.92. The van der Waals surface area contributed by atoms with Gasteiger partial charge >= 0.3 is 0 Å². The Morgan fingerprint density at radius 3 is 2.40 bits per heavy atom. The molecule has 0 radical (unpaired) electrons. The maximum atomic E-state index is 12.7. The molecule has 2 atom stereocenters. The highest BCUT2D eigenvalue weighted by atomic mass is 16.5. The van der Waals surface area contributed by atoms with Crippen molar-refractivity contribution in [3.8, 4) is 0 Å². The maximum absolute atomic E-state index is 12.7. The van der Waals surface area contributed by atoms with Crippen LogP contribution in [0.25, 0.3) is 0 Å². The Hall–Kier alpha value is -0.650. The lowest BCUT2D eigenvalue weighted by molar-refractivity contribution is -0.179. The summed E-state index contributed by atoms with van der Waals surface area (Å²) in [7, 11) is 0. The van der Waals surface area contributed by atoms with Crippen LogP contribution in [0.15, 0.2) is 0 Å². The summed E-state index contributed by atoms with van der Waals surface area (Å²) in [4.78, 5) is 14.5. The first-order valence-corrected chi connectivity index (χ1v) is 7.62. The summed E-state index contributed by atoms with van der Waals surface area (Å²) < 4.78 is 11.0. The minimum atomic E-state index is -0.824. The quantitative estimate of drug-likeness (QED) is 0.685. The van der Waals surface area contributed by atoms with E-state index in [9.17, 15) is 4.79 Å². The minimum Gasteiger partial charge on any atom is -0.380 e. The summed E-state index contributed by atoms with van der Waals surface area (Å²) in [6, 6.07) is 0. The van der Waals surface area contributed by atoms with Gasteiger partial charge in [0, 0.05) is 38.1 Å². The van der Waals surface area contributed by atoms with Gasteiger partial charge in [-0.05, 0) is 20.8 Å². The molecule has 2 unspecified atom stereocenters. The van der Waals surface area contributed by atoms with Crippen LogP contribution in [0.5, 0.6) is 0 Å². The normalized spacial score (nSPS) is 28.0. The molecule has 0 aromatic heterocycles. The van der Waals surface area contributed by atoms with Gasteiger partial charge in [-0.3, -0.25) is 4.79 Å². The molecular formula is C15H30N2O3. The van der Waals surface area contributed by atoms with Crippen molar-refractivity contribution in [2.45, 2.75) is 52.7 Å². The highest BCUT2D eigenvalue weighted by Crippen LogP contribution is 2.50. The third-order valence-electron chi connectivity index (χ3n) is 4.59.